The number of nitriles is 1. The number of thiophene rings is 1. The fourth-order valence-corrected chi connectivity index (χ4v) is 4.34. The Balaban J connectivity index is 1.53. The number of benzene rings is 1. The second kappa shape index (κ2) is 9.96. The van der Waals surface area contributed by atoms with Gasteiger partial charge in [-0.1, -0.05) is 12.1 Å². The van der Waals surface area contributed by atoms with E-state index in [-0.39, 0.29) is 5.56 Å². The monoisotopic (exact) mass is 436 g/mol. The van der Waals surface area contributed by atoms with E-state index in [0.29, 0.717) is 22.7 Å². The van der Waals surface area contributed by atoms with Crippen LogP contribution in [0.1, 0.15) is 36.8 Å². The van der Waals surface area contributed by atoms with E-state index in [0.717, 1.165) is 44.6 Å². The molecule has 0 radical (unpaired) electrons. The zero-order valence-corrected chi connectivity index (χ0v) is 17.2. The Hall–Kier alpha value is -2.57. The summed E-state index contributed by atoms with van der Waals surface area (Å²) in [5, 5.41) is 17.0. The van der Waals surface area contributed by atoms with E-state index in [9.17, 15) is 23.2 Å². The molecule has 9 heteroatoms. The molecule has 5 nitrogen and oxygen atoms in total. The molecule has 0 atom stereocenters. The number of urea groups is 1. The van der Waals surface area contributed by atoms with Gasteiger partial charge in [0.2, 0.25) is 0 Å². The number of amides is 2. The SMILES string of the molecule is N#Cc1c(-c2ccc(C(F)(F)F)cc2)csc1NC(=O)NCCCCN1CCCC1. The summed E-state index contributed by atoms with van der Waals surface area (Å²) in [5.74, 6) is 0. The molecule has 1 aliphatic rings. The summed E-state index contributed by atoms with van der Waals surface area (Å²) < 4.78 is 38.2. The van der Waals surface area contributed by atoms with Crippen LogP contribution in [0.3, 0.4) is 0 Å². The summed E-state index contributed by atoms with van der Waals surface area (Å²) in [6.45, 7) is 3.90. The number of nitrogens with one attached hydrogen (secondary N) is 2. The van der Waals surface area contributed by atoms with Crippen LogP contribution in [0.4, 0.5) is 23.0 Å². The van der Waals surface area contributed by atoms with Crippen molar-refractivity contribution < 1.29 is 18.0 Å². The van der Waals surface area contributed by atoms with E-state index in [2.05, 4.69) is 15.5 Å². The fourth-order valence-electron chi connectivity index (χ4n) is 3.43. The highest BCUT2D eigenvalue weighted by atomic mass is 32.1. The van der Waals surface area contributed by atoms with Gasteiger partial charge in [0.1, 0.15) is 11.1 Å². The van der Waals surface area contributed by atoms with Gasteiger partial charge >= 0.3 is 12.2 Å². The maximum Gasteiger partial charge on any atom is 0.416 e. The molecule has 0 bridgehead atoms. The Bertz CT molecular complexity index is 896. The number of hydrogen-bond acceptors (Lipinski definition) is 4. The third-order valence-electron chi connectivity index (χ3n) is 5.04. The summed E-state index contributed by atoms with van der Waals surface area (Å²) in [6, 6.07) is 6.27. The Kier molecular flexibility index (Phi) is 7.34. The predicted molar refractivity (Wildman–Crippen MR) is 111 cm³/mol. The minimum Gasteiger partial charge on any atom is -0.338 e. The lowest BCUT2D eigenvalue weighted by Gasteiger charge is -2.14. The fraction of sp³-hybridized carbons (Fsp3) is 0.429. The van der Waals surface area contributed by atoms with Crippen LogP contribution in [-0.4, -0.2) is 37.1 Å². The Morgan fingerprint density at radius 2 is 1.87 bits per heavy atom. The van der Waals surface area contributed by atoms with Crippen LogP contribution < -0.4 is 10.6 Å². The number of halogens is 3. The van der Waals surface area contributed by atoms with Crippen LogP contribution in [0.15, 0.2) is 29.6 Å². The summed E-state index contributed by atoms with van der Waals surface area (Å²) >= 11 is 1.17. The average Bonchev–Trinajstić information content (AvgIpc) is 3.37. The molecule has 30 heavy (non-hydrogen) atoms. The number of alkyl halides is 3. The molecule has 1 aromatic heterocycles. The lowest BCUT2D eigenvalue weighted by Crippen LogP contribution is -2.30. The van der Waals surface area contributed by atoms with Crippen molar-refractivity contribution in [2.45, 2.75) is 31.9 Å². The molecular formula is C21H23F3N4OS. The first-order valence-corrected chi connectivity index (χ1v) is 10.7. The molecule has 0 saturated carbocycles. The Morgan fingerprint density at radius 1 is 1.17 bits per heavy atom. The van der Waals surface area contributed by atoms with Gasteiger partial charge in [-0.25, -0.2) is 4.79 Å². The molecule has 1 aliphatic heterocycles. The maximum atomic E-state index is 12.7. The van der Waals surface area contributed by atoms with Crippen molar-refractivity contribution in [3.8, 4) is 17.2 Å². The smallest absolute Gasteiger partial charge is 0.338 e. The van der Waals surface area contributed by atoms with Gasteiger partial charge in [0.25, 0.3) is 0 Å². The number of carbonyl (C=O) groups excluding carboxylic acids is 1. The number of hydrogen-bond donors (Lipinski definition) is 2. The number of nitrogens with zero attached hydrogens (tertiary/aromatic N) is 2. The Labute approximate surface area is 177 Å². The van der Waals surface area contributed by atoms with E-state index >= 15 is 0 Å². The third kappa shape index (κ3) is 5.74. The lowest BCUT2D eigenvalue weighted by molar-refractivity contribution is -0.137. The first-order valence-electron chi connectivity index (χ1n) is 9.85. The molecule has 2 heterocycles. The number of likely N-dealkylation sites (tertiary alicyclic amines) is 1. The first kappa shape index (κ1) is 22.1. The molecule has 0 unspecified atom stereocenters. The van der Waals surface area contributed by atoms with Gasteiger partial charge in [0.05, 0.1) is 11.1 Å². The van der Waals surface area contributed by atoms with Crippen LogP contribution in [-0.2, 0) is 6.18 Å². The molecule has 0 spiro atoms. The normalized spacial score (nSPS) is 14.5. The van der Waals surface area contributed by atoms with Crippen LogP contribution in [0, 0.1) is 11.3 Å². The maximum absolute atomic E-state index is 12.7. The lowest BCUT2D eigenvalue weighted by atomic mass is 10.0. The van der Waals surface area contributed by atoms with Crippen LogP contribution in [0.2, 0.25) is 0 Å². The third-order valence-corrected chi connectivity index (χ3v) is 5.93. The van der Waals surface area contributed by atoms with Gasteiger partial charge in [0.15, 0.2) is 0 Å². The van der Waals surface area contributed by atoms with Gasteiger partial charge < -0.3 is 10.2 Å². The highest BCUT2D eigenvalue weighted by Crippen LogP contribution is 2.36. The first-order chi connectivity index (χ1) is 14.4. The quantitative estimate of drug-likeness (QED) is 0.579. The molecular weight excluding hydrogens is 413 g/mol. The van der Waals surface area contributed by atoms with Crippen molar-refractivity contribution in [1.29, 1.82) is 5.26 Å². The van der Waals surface area contributed by atoms with E-state index < -0.39 is 17.8 Å². The molecule has 2 N–H and O–H groups in total. The van der Waals surface area contributed by atoms with E-state index in [1.807, 2.05) is 6.07 Å². The zero-order chi connectivity index (χ0) is 21.6. The second-order valence-electron chi connectivity index (χ2n) is 7.18. The summed E-state index contributed by atoms with van der Waals surface area (Å²) in [4.78, 5) is 14.6. The van der Waals surface area contributed by atoms with Crippen LogP contribution in [0.5, 0.6) is 0 Å². The number of carbonyl (C=O) groups is 1. The number of unbranched alkanes of at least 4 members (excludes halogenated alkanes) is 1. The average molecular weight is 437 g/mol. The highest BCUT2D eigenvalue weighted by Gasteiger charge is 2.30. The highest BCUT2D eigenvalue weighted by molar-refractivity contribution is 7.15. The number of rotatable bonds is 7. The molecule has 0 aliphatic carbocycles. The molecule has 1 saturated heterocycles. The predicted octanol–water partition coefficient (Wildman–Crippen LogP) is 5.30. The van der Waals surface area contributed by atoms with Crippen molar-refractivity contribution in [3.63, 3.8) is 0 Å². The van der Waals surface area contributed by atoms with Crippen molar-refractivity contribution in [2.24, 2.45) is 0 Å². The molecule has 160 valence electrons. The van der Waals surface area contributed by atoms with E-state index in [1.165, 1.54) is 36.3 Å². The standard InChI is InChI=1S/C21H23F3N4OS/c22-21(23,24)16-7-5-15(6-8-16)18-14-30-19(17(18)13-25)27-20(29)26-9-1-2-10-28-11-3-4-12-28/h5-8,14H,1-4,9-12H2,(H2,26,27,29). The van der Waals surface area contributed by atoms with E-state index in [1.54, 1.807) is 5.38 Å². The summed E-state index contributed by atoms with van der Waals surface area (Å²) in [7, 11) is 0. The van der Waals surface area contributed by atoms with Crippen LogP contribution in [0.25, 0.3) is 11.1 Å². The van der Waals surface area contributed by atoms with Crippen molar-refractivity contribution >= 4 is 22.4 Å². The van der Waals surface area contributed by atoms with Crippen molar-refractivity contribution in [2.75, 3.05) is 31.5 Å². The molecule has 1 fully saturated rings. The van der Waals surface area contributed by atoms with Gasteiger partial charge in [0, 0.05) is 17.5 Å². The summed E-state index contributed by atoms with van der Waals surface area (Å²) in [6.07, 6.45) is -0.00407. The van der Waals surface area contributed by atoms with Gasteiger partial charge in [-0.05, 0) is 63.0 Å². The van der Waals surface area contributed by atoms with E-state index in [4.69, 9.17) is 0 Å². The van der Waals surface area contributed by atoms with Gasteiger partial charge in [-0.3, -0.25) is 5.32 Å². The molecule has 1 aromatic carbocycles. The number of anilines is 1. The molecule has 3 rings (SSSR count). The molecule has 2 amide bonds. The van der Waals surface area contributed by atoms with Crippen LogP contribution >= 0.6 is 11.3 Å². The van der Waals surface area contributed by atoms with Crippen molar-refractivity contribution in [3.05, 3.63) is 40.8 Å². The van der Waals surface area contributed by atoms with Gasteiger partial charge in [-0.15, -0.1) is 11.3 Å². The second-order valence-corrected chi connectivity index (χ2v) is 8.06. The van der Waals surface area contributed by atoms with Gasteiger partial charge in [-0.2, -0.15) is 18.4 Å². The summed E-state index contributed by atoms with van der Waals surface area (Å²) in [5.41, 5.74) is 0.481. The zero-order valence-electron chi connectivity index (χ0n) is 16.4. The topological polar surface area (TPSA) is 68.2 Å². The Morgan fingerprint density at radius 3 is 2.50 bits per heavy atom. The minimum absolute atomic E-state index is 0.240. The minimum atomic E-state index is -4.41. The van der Waals surface area contributed by atoms with Crippen molar-refractivity contribution in [1.82, 2.24) is 10.2 Å². The molecule has 2 aromatic rings. The largest absolute Gasteiger partial charge is 0.416 e.